The van der Waals surface area contributed by atoms with E-state index in [4.69, 9.17) is 0 Å². The maximum Gasteiger partial charge on any atom is 0.159 e. The lowest BCUT2D eigenvalue weighted by molar-refractivity contribution is 0.138. The van der Waals surface area contributed by atoms with E-state index in [9.17, 15) is 13.9 Å². The molecular formula is C10H13F2NO. The first kappa shape index (κ1) is 11.1. The molecule has 1 rings (SSSR count). The minimum Gasteiger partial charge on any atom is -0.387 e. The maximum atomic E-state index is 12.8. The summed E-state index contributed by atoms with van der Waals surface area (Å²) in [7, 11) is 3.59. The normalized spacial score (nSPS) is 13.3. The lowest BCUT2D eigenvalue weighted by atomic mass is 10.1. The van der Waals surface area contributed by atoms with Gasteiger partial charge in [-0.1, -0.05) is 6.07 Å². The van der Waals surface area contributed by atoms with Crippen molar-refractivity contribution in [2.75, 3.05) is 20.6 Å². The minimum absolute atomic E-state index is 0.380. The Morgan fingerprint density at radius 3 is 2.43 bits per heavy atom. The molecule has 0 radical (unpaired) electrons. The average Bonchev–Trinajstić information content (AvgIpc) is 2.08. The van der Waals surface area contributed by atoms with E-state index in [1.165, 1.54) is 6.07 Å². The first-order valence-corrected chi connectivity index (χ1v) is 4.28. The molecule has 14 heavy (non-hydrogen) atoms. The van der Waals surface area contributed by atoms with Gasteiger partial charge in [-0.05, 0) is 31.8 Å². The Morgan fingerprint density at radius 1 is 1.29 bits per heavy atom. The molecule has 0 heterocycles. The third kappa shape index (κ3) is 2.75. The van der Waals surface area contributed by atoms with Crippen LogP contribution in [0.2, 0.25) is 0 Å². The molecule has 78 valence electrons. The SMILES string of the molecule is CN(C)CC(O)c1ccc(F)c(F)c1. The van der Waals surface area contributed by atoms with Crippen LogP contribution >= 0.6 is 0 Å². The topological polar surface area (TPSA) is 23.5 Å². The molecule has 0 aliphatic carbocycles. The molecule has 0 aliphatic rings. The van der Waals surface area contributed by atoms with Crippen LogP contribution < -0.4 is 0 Å². The second-order valence-electron chi connectivity index (χ2n) is 3.45. The van der Waals surface area contributed by atoms with Crippen molar-refractivity contribution in [3.8, 4) is 0 Å². The summed E-state index contributed by atoms with van der Waals surface area (Å²) in [5.74, 6) is -1.83. The monoisotopic (exact) mass is 201 g/mol. The molecule has 0 amide bonds. The number of hydrogen-bond acceptors (Lipinski definition) is 2. The summed E-state index contributed by atoms with van der Waals surface area (Å²) in [6.45, 7) is 0.380. The van der Waals surface area contributed by atoms with E-state index < -0.39 is 17.7 Å². The zero-order chi connectivity index (χ0) is 10.7. The molecule has 0 aromatic heterocycles. The molecule has 0 saturated heterocycles. The molecule has 1 unspecified atom stereocenters. The molecule has 0 spiro atoms. The molecule has 1 atom stereocenters. The van der Waals surface area contributed by atoms with Crippen molar-refractivity contribution >= 4 is 0 Å². The maximum absolute atomic E-state index is 12.8. The highest BCUT2D eigenvalue weighted by Crippen LogP contribution is 2.16. The van der Waals surface area contributed by atoms with Crippen molar-refractivity contribution in [2.45, 2.75) is 6.10 Å². The molecule has 0 bridgehead atoms. The molecule has 4 heteroatoms. The summed E-state index contributed by atoms with van der Waals surface area (Å²) in [5.41, 5.74) is 0.387. The van der Waals surface area contributed by atoms with Crippen LogP contribution in [-0.4, -0.2) is 30.6 Å². The van der Waals surface area contributed by atoms with E-state index in [1.807, 2.05) is 0 Å². The summed E-state index contributed by atoms with van der Waals surface area (Å²) >= 11 is 0. The van der Waals surface area contributed by atoms with Crippen LogP contribution in [0, 0.1) is 11.6 Å². The summed E-state index contributed by atoms with van der Waals surface area (Å²) in [6.07, 6.45) is -0.792. The molecule has 0 fully saturated rings. The fraction of sp³-hybridized carbons (Fsp3) is 0.400. The van der Waals surface area contributed by atoms with E-state index in [2.05, 4.69) is 0 Å². The Balaban J connectivity index is 2.80. The fourth-order valence-electron chi connectivity index (χ4n) is 1.17. The van der Waals surface area contributed by atoms with Crippen LogP contribution in [-0.2, 0) is 0 Å². The van der Waals surface area contributed by atoms with Crippen LogP contribution in [0.25, 0.3) is 0 Å². The third-order valence-electron chi connectivity index (χ3n) is 1.87. The van der Waals surface area contributed by atoms with E-state index >= 15 is 0 Å². The summed E-state index contributed by atoms with van der Waals surface area (Å²) in [6, 6.07) is 3.42. The largest absolute Gasteiger partial charge is 0.387 e. The van der Waals surface area contributed by atoms with Crippen LogP contribution in [0.4, 0.5) is 8.78 Å². The Bertz CT molecular complexity index is 315. The van der Waals surface area contributed by atoms with Gasteiger partial charge in [0, 0.05) is 6.54 Å². The third-order valence-corrected chi connectivity index (χ3v) is 1.87. The average molecular weight is 201 g/mol. The van der Waals surface area contributed by atoms with Gasteiger partial charge < -0.3 is 10.0 Å². The molecule has 0 saturated carbocycles. The molecule has 1 N–H and O–H groups in total. The standard InChI is InChI=1S/C10H13F2NO/c1-13(2)6-10(14)7-3-4-8(11)9(12)5-7/h3-5,10,14H,6H2,1-2H3. The predicted octanol–water partition coefficient (Wildman–Crippen LogP) is 1.56. The van der Waals surface area contributed by atoms with Crippen molar-refractivity contribution < 1.29 is 13.9 Å². The smallest absolute Gasteiger partial charge is 0.159 e. The van der Waals surface area contributed by atoms with Crippen LogP contribution in [0.3, 0.4) is 0 Å². The zero-order valence-corrected chi connectivity index (χ0v) is 8.17. The number of aliphatic hydroxyl groups excluding tert-OH is 1. The quantitative estimate of drug-likeness (QED) is 0.802. The van der Waals surface area contributed by atoms with Crippen LogP contribution in [0.1, 0.15) is 11.7 Å². The van der Waals surface area contributed by atoms with Crippen molar-refractivity contribution in [1.29, 1.82) is 0 Å². The van der Waals surface area contributed by atoms with Crippen molar-refractivity contribution in [2.24, 2.45) is 0 Å². The second-order valence-corrected chi connectivity index (χ2v) is 3.45. The Morgan fingerprint density at radius 2 is 1.93 bits per heavy atom. The van der Waals surface area contributed by atoms with Gasteiger partial charge in [0.25, 0.3) is 0 Å². The number of rotatable bonds is 3. The lowest BCUT2D eigenvalue weighted by Crippen LogP contribution is -2.20. The summed E-state index contributed by atoms with van der Waals surface area (Å²) in [5, 5.41) is 9.58. The van der Waals surface area contributed by atoms with Gasteiger partial charge in [0.2, 0.25) is 0 Å². The molecule has 1 aromatic rings. The van der Waals surface area contributed by atoms with Crippen molar-refractivity contribution in [1.82, 2.24) is 4.90 Å². The van der Waals surface area contributed by atoms with E-state index in [0.29, 0.717) is 12.1 Å². The Kier molecular flexibility index (Phi) is 3.55. The van der Waals surface area contributed by atoms with Crippen LogP contribution in [0.5, 0.6) is 0 Å². The first-order chi connectivity index (χ1) is 6.50. The van der Waals surface area contributed by atoms with Gasteiger partial charge in [-0.3, -0.25) is 0 Å². The van der Waals surface area contributed by atoms with Gasteiger partial charge in [-0.15, -0.1) is 0 Å². The fourth-order valence-corrected chi connectivity index (χ4v) is 1.17. The molecule has 0 aliphatic heterocycles. The van der Waals surface area contributed by atoms with Gasteiger partial charge >= 0.3 is 0 Å². The van der Waals surface area contributed by atoms with E-state index in [0.717, 1.165) is 12.1 Å². The number of aliphatic hydroxyl groups is 1. The number of hydrogen-bond donors (Lipinski definition) is 1. The lowest BCUT2D eigenvalue weighted by Gasteiger charge is -2.16. The highest BCUT2D eigenvalue weighted by Gasteiger charge is 2.11. The predicted molar refractivity (Wildman–Crippen MR) is 49.9 cm³/mol. The number of benzene rings is 1. The highest BCUT2D eigenvalue weighted by molar-refractivity contribution is 5.20. The minimum atomic E-state index is -0.930. The Hall–Kier alpha value is -1.00. The van der Waals surface area contributed by atoms with E-state index in [1.54, 1.807) is 19.0 Å². The van der Waals surface area contributed by atoms with E-state index in [-0.39, 0.29) is 0 Å². The number of halogens is 2. The number of nitrogens with zero attached hydrogens (tertiary/aromatic N) is 1. The van der Waals surface area contributed by atoms with Crippen LogP contribution in [0.15, 0.2) is 18.2 Å². The first-order valence-electron chi connectivity index (χ1n) is 4.28. The molecular weight excluding hydrogens is 188 g/mol. The second kappa shape index (κ2) is 4.48. The zero-order valence-electron chi connectivity index (χ0n) is 8.17. The van der Waals surface area contributed by atoms with Gasteiger partial charge in [0.15, 0.2) is 11.6 Å². The highest BCUT2D eigenvalue weighted by atomic mass is 19.2. The van der Waals surface area contributed by atoms with Crippen molar-refractivity contribution in [3.63, 3.8) is 0 Å². The van der Waals surface area contributed by atoms with Crippen molar-refractivity contribution in [3.05, 3.63) is 35.4 Å². The van der Waals surface area contributed by atoms with Gasteiger partial charge in [-0.2, -0.15) is 0 Å². The summed E-state index contributed by atoms with van der Waals surface area (Å²) < 4.78 is 25.3. The summed E-state index contributed by atoms with van der Waals surface area (Å²) in [4.78, 5) is 1.77. The van der Waals surface area contributed by atoms with Gasteiger partial charge in [0.05, 0.1) is 6.10 Å². The Labute approximate surface area is 81.8 Å². The molecule has 2 nitrogen and oxygen atoms in total. The van der Waals surface area contributed by atoms with Gasteiger partial charge in [0.1, 0.15) is 0 Å². The number of likely N-dealkylation sites (N-methyl/N-ethyl adjacent to an activating group) is 1. The van der Waals surface area contributed by atoms with Gasteiger partial charge in [-0.25, -0.2) is 8.78 Å². The molecule has 1 aromatic carbocycles.